The van der Waals surface area contributed by atoms with E-state index in [1.807, 2.05) is 94.7 Å². The van der Waals surface area contributed by atoms with Gasteiger partial charge in [0.2, 0.25) is 0 Å². The summed E-state index contributed by atoms with van der Waals surface area (Å²) in [4.78, 5) is 3.96. The number of halogens is 2. The van der Waals surface area contributed by atoms with Crippen LogP contribution in [0.5, 0.6) is 0 Å². The second-order valence-electron chi connectivity index (χ2n) is 13.4. The van der Waals surface area contributed by atoms with E-state index in [4.69, 9.17) is 0 Å². The average molecular weight is 705 g/mol. The van der Waals surface area contributed by atoms with E-state index in [1.54, 1.807) is 12.1 Å². The Hall–Kier alpha value is -6.78. The highest BCUT2D eigenvalue weighted by atomic mass is 19.1. The average Bonchev–Trinajstić information content (AvgIpc) is 3.22. The minimum absolute atomic E-state index is 0.298. The van der Waals surface area contributed by atoms with Crippen LogP contribution in [0.25, 0.3) is 33.4 Å². The largest absolute Gasteiger partial charge is 0.307 e. The molecule has 2 nitrogen and oxygen atoms in total. The summed E-state index contributed by atoms with van der Waals surface area (Å²) in [5, 5.41) is 0. The molecule has 0 unspecified atom stereocenters. The molecular weight excluding hydrogens is 667 g/mol. The summed E-state index contributed by atoms with van der Waals surface area (Å²) in [7, 11) is 0. The Kier molecular flexibility index (Phi) is 9.57. The van der Waals surface area contributed by atoms with Crippen LogP contribution in [0, 0.1) is 25.5 Å². The van der Waals surface area contributed by atoms with Gasteiger partial charge in [0.25, 0.3) is 0 Å². The van der Waals surface area contributed by atoms with Crippen LogP contribution >= 0.6 is 0 Å². The molecular formula is C50H38F2N2. The Bertz CT molecular complexity index is 2350. The van der Waals surface area contributed by atoms with Gasteiger partial charge >= 0.3 is 0 Å². The lowest BCUT2D eigenvalue weighted by molar-refractivity contribution is 0.628. The molecule has 0 aliphatic rings. The van der Waals surface area contributed by atoms with Crippen molar-refractivity contribution < 1.29 is 8.78 Å². The molecule has 4 heteroatoms. The number of hydrogen-bond acceptors (Lipinski definition) is 2. The van der Waals surface area contributed by atoms with Crippen LogP contribution in [0.15, 0.2) is 194 Å². The maximum atomic E-state index is 15.5. The number of para-hydroxylation sites is 2. The fourth-order valence-corrected chi connectivity index (χ4v) is 7.12. The van der Waals surface area contributed by atoms with Crippen LogP contribution in [0.2, 0.25) is 0 Å². The molecule has 0 bridgehead atoms. The summed E-state index contributed by atoms with van der Waals surface area (Å²) in [6, 6.07) is 63.3. The van der Waals surface area contributed by atoms with Crippen molar-refractivity contribution in [1.29, 1.82) is 0 Å². The topological polar surface area (TPSA) is 6.48 Å². The molecule has 54 heavy (non-hydrogen) atoms. The maximum absolute atomic E-state index is 15.5. The summed E-state index contributed by atoms with van der Waals surface area (Å²) in [5.74, 6) is -0.595. The molecule has 0 radical (unpaired) electrons. The Morgan fingerprint density at radius 1 is 0.296 bits per heavy atom. The van der Waals surface area contributed by atoms with Gasteiger partial charge in [0.05, 0.1) is 11.4 Å². The maximum Gasteiger partial charge on any atom is 0.147 e. The highest BCUT2D eigenvalue weighted by molar-refractivity contribution is 5.84. The Morgan fingerprint density at radius 3 is 0.963 bits per heavy atom. The first kappa shape index (κ1) is 34.3. The van der Waals surface area contributed by atoms with Crippen molar-refractivity contribution in [1.82, 2.24) is 0 Å². The summed E-state index contributed by atoms with van der Waals surface area (Å²) >= 11 is 0. The second kappa shape index (κ2) is 15.1. The first-order valence-electron chi connectivity index (χ1n) is 18.1. The Labute approximate surface area is 315 Å². The number of aryl methyl sites for hydroxylation is 2. The molecule has 262 valence electrons. The summed E-state index contributed by atoms with van der Waals surface area (Å²) < 4.78 is 31.0. The normalized spacial score (nSPS) is 11.0. The quantitative estimate of drug-likeness (QED) is 0.148. The Balaban J connectivity index is 1.14. The fourth-order valence-electron chi connectivity index (χ4n) is 7.12. The molecule has 8 aromatic rings. The molecule has 0 saturated heterocycles. The number of anilines is 6. The lowest BCUT2D eigenvalue weighted by Gasteiger charge is -2.28. The smallest absolute Gasteiger partial charge is 0.147 e. The van der Waals surface area contributed by atoms with E-state index in [2.05, 4.69) is 98.8 Å². The van der Waals surface area contributed by atoms with Gasteiger partial charge in [-0.3, -0.25) is 0 Å². The van der Waals surface area contributed by atoms with E-state index < -0.39 is 0 Å². The van der Waals surface area contributed by atoms with Crippen LogP contribution in [0.3, 0.4) is 0 Å². The molecule has 0 atom stereocenters. The van der Waals surface area contributed by atoms with Crippen molar-refractivity contribution in [3.63, 3.8) is 0 Å². The zero-order valence-electron chi connectivity index (χ0n) is 30.1. The van der Waals surface area contributed by atoms with Crippen molar-refractivity contribution in [3.05, 3.63) is 217 Å². The highest BCUT2D eigenvalue weighted by Crippen LogP contribution is 2.42. The number of benzene rings is 8. The lowest BCUT2D eigenvalue weighted by atomic mass is 9.98. The predicted octanol–water partition coefficient (Wildman–Crippen LogP) is 14.5. The van der Waals surface area contributed by atoms with Crippen LogP contribution in [0.4, 0.5) is 42.9 Å². The zero-order chi connectivity index (χ0) is 37.0. The minimum atomic E-state index is -0.298. The molecule has 0 N–H and O–H groups in total. The van der Waals surface area contributed by atoms with E-state index in [9.17, 15) is 0 Å². The lowest BCUT2D eigenvalue weighted by Crippen LogP contribution is -2.13. The standard InChI is InChI=1S/C50H38F2N2/c1-35-33-41(25-31-47(35)53(49-19-11-9-17-45(49)51)43-27-21-39(22-28-43)37-13-5-3-6-14-37)42-26-32-48(36(2)34-42)54(50-20-12-10-18-46(50)52)44-29-23-40(24-30-44)38-15-7-4-8-16-38/h3-34H,1-2H3. The predicted molar refractivity (Wildman–Crippen MR) is 222 cm³/mol. The Morgan fingerprint density at radius 2 is 0.611 bits per heavy atom. The molecule has 8 aromatic carbocycles. The third kappa shape index (κ3) is 6.90. The minimum Gasteiger partial charge on any atom is -0.307 e. The van der Waals surface area contributed by atoms with E-state index in [1.165, 1.54) is 12.1 Å². The number of hydrogen-bond donors (Lipinski definition) is 0. The van der Waals surface area contributed by atoms with Crippen molar-refractivity contribution in [2.24, 2.45) is 0 Å². The van der Waals surface area contributed by atoms with Gasteiger partial charge in [-0.2, -0.15) is 0 Å². The van der Waals surface area contributed by atoms with Crippen LogP contribution in [-0.2, 0) is 0 Å². The highest BCUT2D eigenvalue weighted by Gasteiger charge is 2.21. The molecule has 0 aromatic heterocycles. The summed E-state index contributed by atoms with van der Waals surface area (Å²) in [6.45, 7) is 4.12. The van der Waals surface area contributed by atoms with Crippen LogP contribution in [0.1, 0.15) is 11.1 Å². The third-order valence-corrected chi connectivity index (χ3v) is 9.86. The van der Waals surface area contributed by atoms with Crippen LogP contribution < -0.4 is 9.80 Å². The first-order chi connectivity index (χ1) is 26.4. The van der Waals surface area contributed by atoms with Crippen molar-refractivity contribution >= 4 is 34.1 Å². The number of rotatable bonds is 9. The van der Waals surface area contributed by atoms with Gasteiger partial charge in [0.1, 0.15) is 11.6 Å². The van der Waals surface area contributed by atoms with E-state index in [0.717, 1.165) is 67.3 Å². The second-order valence-corrected chi connectivity index (χ2v) is 13.4. The van der Waals surface area contributed by atoms with Gasteiger partial charge < -0.3 is 9.80 Å². The van der Waals surface area contributed by atoms with Crippen molar-refractivity contribution in [2.75, 3.05) is 9.80 Å². The molecule has 0 spiro atoms. The molecule has 0 amide bonds. The van der Waals surface area contributed by atoms with E-state index in [0.29, 0.717) is 11.4 Å². The van der Waals surface area contributed by atoms with Gasteiger partial charge in [-0.05, 0) is 131 Å². The molecule has 0 heterocycles. The van der Waals surface area contributed by atoms with Crippen molar-refractivity contribution in [3.8, 4) is 33.4 Å². The summed E-state index contributed by atoms with van der Waals surface area (Å²) in [6.07, 6.45) is 0. The van der Waals surface area contributed by atoms with Gasteiger partial charge in [-0.15, -0.1) is 0 Å². The monoisotopic (exact) mass is 704 g/mol. The summed E-state index contributed by atoms with van der Waals surface area (Å²) in [5.41, 5.74) is 12.9. The molecule has 0 aliphatic carbocycles. The van der Waals surface area contributed by atoms with Gasteiger partial charge in [0, 0.05) is 22.7 Å². The fraction of sp³-hybridized carbons (Fsp3) is 0.0400. The molecule has 0 aliphatic heterocycles. The number of nitrogens with zero attached hydrogens (tertiary/aromatic N) is 2. The third-order valence-electron chi connectivity index (χ3n) is 9.86. The van der Waals surface area contributed by atoms with Gasteiger partial charge in [0.15, 0.2) is 0 Å². The first-order valence-corrected chi connectivity index (χ1v) is 18.1. The van der Waals surface area contributed by atoms with Gasteiger partial charge in [-0.25, -0.2) is 8.78 Å². The van der Waals surface area contributed by atoms with Crippen molar-refractivity contribution in [2.45, 2.75) is 13.8 Å². The molecule has 0 fully saturated rings. The zero-order valence-corrected chi connectivity index (χ0v) is 30.1. The molecule has 0 saturated carbocycles. The van der Waals surface area contributed by atoms with Gasteiger partial charge in [-0.1, -0.05) is 121 Å². The van der Waals surface area contributed by atoms with E-state index in [-0.39, 0.29) is 11.6 Å². The van der Waals surface area contributed by atoms with Crippen LogP contribution in [-0.4, -0.2) is 0 Å². The van der Waals surface area contributed by atoms with E-state index >= 15 is 8.78 Å². The molecule has 8 rings (SSSR count). The SMILES string of the molecule is Cc1cc(-c2ccc(N(c3ccc(-c4ccccc4)cc3)c3ccccc3F)c(C)c2)ccc1N(c1ccc(-c2ccccc2)cc1)c1ccccc1F.